The molecule has 1 aliphatic heterocycles. The van der Waals surface area contributed by atoms with Crippen LogP contribution < -0.4 is 16.0 Å². The molecule has 1 unspecified atom stereocenters. The van der Waals surface area contributed by atoms with Crippen molar-refractivity contribution in [3.05, 3.63) is 24.3 Å². The Hall–Kier alpha value is -1.71. The van der Waals surface area contributed by atoms with Crippen LogP contribution in [0.2, 0.25) is 0 Å². The van der Waals surface area contributed by atoms with Crippen LogP contribution in [0.1, 0.15) is 26.7 Å². The van der Waals surface area contributed by atoms with Gasteiger partial charge in [-0.3, -0.25) is 4.79 Å². The van der Waals surface area contributed by atoms with Gasteiger partial charge in [0.15, 0.2) is 0 Å². The number of anilines is 2. The molecule has 1 aromatic carbocycles. The summed E-state index contributed by atoms with van der Waals surface area (Å²) >= 11 is 0. The number of nitrogens with one attached hydrogen (secondary N) is 3. The lowest BCUT2D eigenvalue weighted by atomic mass is 10.0. The zero-order valence-corrected chi connectivity index (χ0v) is 11.7. The van der Waals surface area contributed by atoms with Gasteiger partial charge in [0.2, 0.25) is 5.91 Å². The van der Waals surface area contributed by atoms with E-state index in [9.17, 15) is 4.79 Å². The van der Waals surface area contributed by atoms with Crippen molar-refractivity contribution in [1.82, 2.24) is 5.32 Å². The molecule has 1 aromatic rings. The van der Waals surface area contributed by atoms with Gasteiger partial charge in [0, 0.05) is 13.1 Å². The topological polar surface area (TPSA) is 53.2 Å². The zero-order valence-electron chi connectivity index (χ0n) is 11.7. The van der Waals surface area contributed by atoms with E-state index in [4.69, 9.17) is 0 Å². The Balaban J connectivity index is 1.88. The molecule has 0 radical (unpaired) electrons. The number of fused-ring (bicyclic) bond motifs is 1. The Morgan fingerprint density at radius 1 is 1.32 bits per heavy atom. The second-order valence-electron chi connectivity index (χ2n) is 5.05. The fourth-order valence-electron chi connectivity index (χ4n) is 2.32. The van der Waals surface area contributed by atoms with Gasteiger partial charge in [-0.25, -0.2) is 0 Å². The molecule has 0 bridgehead atoms. The number of para-hydroxylation sites is 2. The van der Waals surface area contributed by atoms with Crippen molar-refractivity contribution in [2.24, 2.45) is 5.92 Å². The van der Waals surface area contributed by atoms with E-state index in [0.717, 1.165) is 30.8 Å². The Morgan fingerprint density at radius 3 is 2.68 bits per heavy atom. The highest BCUT2D eigenvalue weighted by Gasteiger charge is 2.23. The fourth-order valence-corrected chi connectivity index (χ4v) is 2.32. The first-order valence-corrected chi connectivity index (χ1v) is 7.11. The first-order chi connectivity index (χ1) is 9.24. The van der Waals surface area contributed by atoms with Crippen molar-refractivity contribution in [3.8, 4) is 0 Å². The maximum absolute atomic E-state index is 12.1. The molecule has 1 heterocycles. The van der Waals surface area contributed by atoms with Crippen LogP contribution >= 0.6 is 0 Å². The Labute approximate surface area is 115 Å². The van der Waals surface area contributed by atoms with Crippen LogP contribution in [0.4, 0.5) is 11.4 Å². The molecule has 19 heavy (non-hydrogen) atoms. The van der Waals surface area contributed by atoms with Gasteiger partial charge in [0.25, 0.3) is 0 Å². The summed E-state index contributed by atoms with van der Waals surface area (Å²) in [5, 5.41) is 9.61. The zero-order chi connectivity index (χ0) is 13.7. The number of benzene rings is 1. The Bertz CT molecular complexity index is 429. The molecule has 0 fully saturated rings. The third-order valence-corrected chi connectivity index (χ3v) is 3.79. The lowest BCUT2D eigenvalue weighted by molar-refractivity contribution is -0.121. The van der Waals surface area contributed by atoms with Gasteiger partial charge >= 0.3 is 0 Å². The molecule has 1 amide bonds. The van der Waals surface area contributed by atoms with Crippen molar-refractivity contribution < 1.29 is 4.79 Å². The second kappa shape index (κ2) is 6.45. The molecular formula is C15H23N3O. The first kappa shape index (κ1) is 13.7. The molecule has 1 aliphatic rings. The van der Waals surface area contributed by atoms with E-state index in [2.05, 4.69) is 29.8 Å². The predicted octanol–water partition coefficient (Wildman–Crippen LogP) is 2.44. The van der Waals surface area contributed by atoms with Crippen molar-refractivity contribution >= 4 is 17.3 Å². The smallest absolute Gasteiger partial charge is 0.244 e. The van der Waals surface area contributed by atoms with E-state index in [1.807, 2.05) is 24.3 Å². The van der Waals surface area contributed by atoms with Crippen LogP contribution in [0.25, 0.3) is 0 Å². The largest absolute Gasteiger partial charge is 0.381 e. The Morgan fingerprint density at radius 2 is 2.00 bits per heavy atom. The molecule has 1 atom stereocenters. The lowest BCUT2D eigenvalue weighted by Crippen LogP contribution is -2.47. The van der Waals surface area contributed by atoms with Crippen molar-refractivity contribution in [3.63, 3.8) is 0 Å². The summed E-state index contributed by atoms with van der Waals surface area (Å²) in [7, 11) is 0. The minimum Gasteiger partial charge on any atom is -0.381 e. The quantitative estimate of drug-likeness (QED) is 0.763. The van der Waals surface area contributed by atoms with Crippen LogP contribution in [0, 0.1) is 5.92 Å². The molecule has 0 saturated heterocycles. The van der Waals surface area contributed by atoms with Crippen molar-refractivity contribution in [2.45, 2.75) is 32.7 Å². The summed E-state index contributed by atoms with van der Waals surface area (Å²) in [5.41, 5.74) is 2.06. The summed E-state index contributed by atoms with van der Waals surface area (Å²) in [6.45, 7) is 5.73. The number of amides is 1. The number of hydrogen-bond donors (Lipinski definition) is 3. The van der Waals surface area contributed by atoms with Crippen LogP contribution in [0.3, 0.4) is 0 Å². The molecular weight excluding hydrogens is 238 g/mol. The molecule has 0 saturated carbocycles. The van der Waals surface area contributed by atoms with Crippen LogP contribution in [0.15, 0.2) is 24.3 Å². The maximum Gasteiger partial charge on any atom is 0.244 e. The van der Waals surface area contributed by atoms with Gasteiger partial charge in [-0.15, -0.1) is 0 Å². The monoisotopic (exact) mass is 261 g/mol. The molecule has 104 valence electrons. The third kappa shape index (κ3) is 3.40. The Kier molecular flexibility index (Phi) is 4.66. The summed E-state index contributed by atoms with van der Waals surface area (Å²) in [4.78, 5) is 12.1. The molecule has 0 aliphatic carbocycles. The van der Waals surface area contributed by atoms with Crippen molar-refractivity contribution in [2.75, 3.05) is 23.7 Å². The van der Waals surface area contributed by atoms with Gasteiger partial charge in [-0.1, -0.05) is 38.8 Å². The summed E-state index contributed by atoms with van der Waals surface area (Å²) in [6.07, 6.45) is 2.21. The normalized spacial score (nSPS) is 17.3. The van der Waals surface area contributed by atoms with Crippen molar-refractivity contribution in [1.29, 1.82) is 0 Å². The van der Waals surface area contributed by atoms with Crippen LogP contribution in [-0.2, 0) is 4.79 Å². The molecule has 0 aromatic heterocycles. The van der Waals surface area contributed by atoms with E-state index in [1.165, 1.54) is 0 Å². The highest BCUT2D eigenvalue weighted by Crippen LogP contribution is 2.25. The van der Waals surface area contributed by atoms with Gasteiger partial charge in [0.05, 0.1) is 11.4 Å². The highest BCUT2D eigenvalue weighted by molar-refractivity contribution is 5.88. The summed E-state index contributed by atoms with van der Waals surface area (Å²) < 4.78 is 0. The van der Waals surface area contributed by atoms with Gasteiger partial charge in [-0.05, 0) is 18.1 Å². The number of carbonyl (C=O) groups is 1. The molecule has 2 rings (SSSR count). The van der Waals surface area contributed by atoms with E-state index in [0.29, 0.717) is 12.5 Å². The minimum absolute atomic E-state index is 0.0777. The minimum atomic E-state index is -0.190. The summed E-state index contributed by atoms with van der Waals surface area (Å²) in [6, 6.07) is 7.77. The average Bonchev–Trinajstić information content (AvgIpc) is 2.47. The van der Waals surface area contributed by atoms with E-state index in [-0.39, 0.29) is 11.9 Å². The van der Waals surface area contributed by atoms with E-state index in [1.54, 1.807) is 0 Å². The van der Waals surface area contributed by atoms with Gasteiger partial charge < -0.3 is 16.0 Å². The van der Waals surface area contributed by atoms with Crippen LogP contribution in [0.5, 0.6) is 0 Å². The third-order valence-electron chi connectivity index (χ3n) is 3.79. The van der Waals surface area contributed by atoms with E-state index >= 15 is 0 Å². The molecule has 4 heteroatoms. The maximum atomic E-state index is 12.1. The predicted molar refractivity (Wildman–Crippen MR) is 79.4 cm³/mol. The second-order valence-corrected chi connectivity index (χ2v) is 5.05. The fraction of sp³-hybridized carbons (Fsp3) is 0.533. The molecule has 3 N–H and O–H groups in total. The average molecular weight is 261 g/mol. The lowest BCUT2D eigenvalue weighted by Gasteiger charge is -2.28. The van der Waals surface area contributed by atoms with E-state index < -0.39 is 0 Å². The first-order valence-electron chi connectivity index (χ1n) is 7.11. The number of hydrogen-bond acceptors (Lipinski definition) is 3. The highest BCUT2D eigenvalue weighted by atomic mass is 16.2. The number of rotatable bonds is 5. The molecule has 4 nitrogen and oxygen atoms in total. The SMILES string of the molecule is CCC(CC)CNC(=O)C1CNc2ccccc2N1. The summed E-state index contributed by atoms with van der Waals surface area (Å²) in [5.74, 6) is 0.654. The van der Waals surface area contributed by atoms with Crippen LogP contribution in [-0.4, -0.2) is 25.0 Å². The molecule has 0 spiro atoms. The standard InChI is InChI=1S/C15H23N3O/c1-3-11(4-2)9-17-15(19)14-10-16-12-7-5-6-8-13(12)18-14/h5-8,11,14,16,18H,3-4,9-10H2,1-2H3,(H,17,19). The van der Waals surface area contributed by atoms with Gasteiger partial charge in [-0.2, -0.15) is 0 Å². The number of carbonyl (C=O) groups excluding carboxylic acids is 1. The van der Waals surface area contributed by atoms with Gasteiger partial charge in [0.1, 0.15) is 6.04 Å².